The van der Waals surface area contributed by atoms with Crippen LogP contribution in [0.3, 0.4) is 0 Å². The lowest BCUT2D eigenvalue weighted by atomic mass is 9.96. The number of halogens is 1. The summed E-state index contributed by atoms with van der Waals surface area (Å²) in [5, 5.41) is 16.9. The van der Waals surface area contributed by atoms with Crippen molar-refractivity contribution in [3.8, 4) is 22.5 Å². The van der Waals surface area contributed by atoms with Gasteiger partial charge in [-0.2, -0.15) is 5.10 Å². The highest BCUT2D eigenvalue weighted by molar-refractivity contribution is 6.31. The van der Waals surface area contributed by atoms with Crippen LogP contribution in [0.1, 0.15) is 11.4 Å². The Labute approximate surface area is 176 Å². The summed E-state index contributed by atoms with van der Waals surface area (Å²) < 4.78 is 3.81. The number of nitrogens with one attached hydrogen (secondary N) is 1. The van der Waals surface area contributed by atoms with Crippen molar-refractivity contribution in [2.45, 2.75) is 6.42 Å². The molecule has 1 N–H and O–H groups in total. The second kappa shape index (κ2) is 6.36. The molecule has 1 aliphatic heterocycles. The van der Waals surface area contributed by atoms with Gasteiger partial charge in [-0.15, -0.1) is 10.2 Å². The monoisotopic (exact) mass is 414 g/mol. The van der Waals surface area contributed by atoms with Gasteiger partial charge in [-0.25, -0.2) is 9.97 Å². The Hall–Kier alpha value is -3.78. The SMILES string of the molecule is Cn1nccc1Nc1nccc(-c2cc3n4c(nnc4c2)Cc2c(Cl)cccc2-3)n1. The number of pyridine rings is 1. The van der Waals surface area contributed by atoms with Gasteiger partial charge in [0.25, 0.3) is 0 Å². The number of hydrogen-bond donors (Lipinski definition) is 1. The van der Waals surface area contributed by atoms with E-state index in [4.69, 9.17) is 16.6 Å². The topological polar surface area (TPSA) is 85.8 Å². The Bertz CT molecular complexity index is 1430. The molecule has 6 rings (SSSR count). The van der Waals surface area contributed by atoms with Crippen LogP contribution in [0, 0.1) is 0 Å². The van der Waals surface area contributed by atoms with Gasteiger partial charge < -0.3 is 5.32 Å². The van der Waals surface area contributed by atoms with Crippen LogP contribution in [0.2, 0.25) is 5.02 Å². The molecular formula is C21H15ClN8. The van der Waals surface area contributed by atoms with Crippen LogP contribution in [0.4, 0.5) is 11.8 Å². The summed E-state index contributed by atoms with van der Waals surface area (Å²) in [7, 11) is 1.86. The molecule has 0 atom stereocenters. The van der Waals surface area contributed by atoms with E-state index >= 15 is 0 Å². The molecule has 1 aliphatic rings. The van der Waals surface area contributed by atoms with Crippen molar-refractivity contribution >= 4 is 29.0 Å². The van der Waals surface area contributed by atoms with Crippen LogP contribution in [0.5, 0.6) is 0 Å². The number of hydrogen-bond acceptors (Lipinski definition) is 6. The zero-order valence-electron chi connectivity index (χ0n) is 15.9. The highest BCUT2D eigenvalue weighted by Gasteiger charge is 2.23. The molecule has 0 fully saturated rings. The van der Waals surface area contributed by atoms with Crippen molar-refractivity contribution in [2.75, 3.05) is 5.32 Å². The Balaban J connectivity index is 1.50. The fourth-order valence-electron chi connectivity index (χ4n) is 3.87. The van der Waals surface area contributed by atoms with Crippen molar-refractivity contribution in [2.24, 2.45) is 7.05 Å². The maximum absolute atomic E-state index is 6.48. The quantitative estimate of drug-likeness (QED) is 0.473. The molecule has 146 valence electrons. The van der Waals surface area contributed by atoms with E-state index in [1.54, 1.807) is 17.1 Å². The fourth-order valence-corrected chi connectivity index (χ4v) is 4.11. The average molecular weight is 415 g/mol. The molecule has 5 aromatic rings. The number of aryl methyl sites for hydroxylation is 1. The molecule has 0 saturated heterocycles. The van der Waals surface area contributed by atoms with Gasteiger partial charge in [0.05, 0.1) is 17.6 Å². The summed E-state index contributed by atoms with van der Waals surface area (Å²) in [6.07, 6.45) is 4.11. The molecule has 9 heteroatoms. The molecule has 5 heterocycles. The number of benzene rings is 1. The van der Waals surface area contributed by atoms with Crippen molar-refractivity contribution in [3.63, 3.8) is 0 Å². The Morgan fingerprint density at radius 3 is 2.87 bits per heavy atom. The first-order valence-corrected chi connectivity index (χ1v) is 9.79. The summed E-state index contributed by atoms with van der Waals surface area (Å²) in [6.45, 7) is 0. The first-order valence-electron chi connectivity index (χ1n) is 9.41. The predicted octanol–water partition coefficient (Wildman–Crippen LogP) is 3.89. The number of rotatable bonds is 3. The molecule has 0 radical (unpaired) electrons. The van der Waals surface area contributed by atoms with Crippen LogP contribution < -0.4 is 5.32 Å². The van der Waals surface area contributed by atoms with Crippen LogP contribution in [0.25, 0.3) is 28.2 Å². The van der Waals surface area contributed by atoms with E-state index in [0.717, 1.165) is 50.4 Å². The highest BCUT2D eigenvalue weighted by atomic mass is 35.5. The molecule has 4 aromatic heterocycles. The van der Waals surface area contributed by atoms with Gasteiger partial charge >= 0.3 is 0 Å². The minimum Gasteiger partial charge on any atom is -0.309 e. The fraction of sp³-hybridized carbons (Fsp3) is 0.0952. The smallest absolute Gasteiger partial charge is 0.228 e. The van der Waals surface area contributed by atoms with Crippen LogP contribution in [0.15, 0.2) is 54.9 Å². The van der Waals surface area contributed by atoms with Crippen LogP contribution in [-0.2, 0) is 13.5 Å². The lowest BCUT2D eigenvalue weighted by Gasteiger charge is -2.19. The van der Waals surface area contributed by atoms with E-state index in [1.807, 2.05) is 37.4 Å². The first kappa shape index (κ1) is 17.1. The summed E-state index contributed by atoms with van der Waals surface area (Å²) in [5.41, 5.74) is 5.66. The third kappa shape index (κ3) is 2.57. The van der Waals surface area contributed by atoms with Crippen molar-refractivity contribution in [1.29, 1.82) is 0 Å². The van der Waals surface area contributed by atoms with Crippen LogP contribution >= 0.6 is 11.6 Å². The van der Waals surface area contributed by atoms with Gasteiger partial charge in [0.15, 0.2) is 5.65 Å². The zero-order chi connectivity index (χ0) is 20.2. The second-order valence-corrected chi connectivity index (χ2v) is 7.52. The highest BCUT2D eigenvalue weighted by Crippen LogP contribution is 2.37. The van der Waals surface area contributed by atoms with Crippen molar-refractivity contribution in [1.82, 2.24) is 34.3 Å². The summed E-state index contributed by atoms with van der Waals surface area (Å²) in [6, 6.07) is 13.8. The summed E-state index contributed by atoms with van der Waals surface area (Å²) in [5.74, 6) is 2.19. The molecular weight excluding hydrogens is 400 g/mol. The Morgan fingerprint density at radius 2 is 2.00 bits per heavy atom. The molecule has 0 bridgehead atoms. The normalized spacial score (nSPS) is 12.2. The molecule has 30 heavy (non-hydrogen) atoms. The third-order valence-electron chi connectivity index (χ3n) is 5.31. The van der Waals surface area contributed by atoms with Gasteiger partial charge in [0, 0.05) is 41.9 Å². The lowest BCUT2D eigenvalue weighted by molar-refractivity contribution is 0.775. The minimum atomic E-state index is 0.496. The van der Waals surface area contributed by atoms with E-state index in [1.165, 1.54) is 0 Å². The van der Waals surface area contributed by atoms with E-state index in [9.17, 15) is 0 Å². The standard InChI is InChI=1S/C21H15ClN8/c1-29-18(6-8-24-29)26-21-23-7-5-16(25-21)12-9-17-13-3-2-4-15(22)14(13)11-20-28-27-19(10-12)30(17)20/h2-10H,11H2,1H3,(H,23,25,26). The van der Waals surface area contributed by atoms with Gasteiger partial charge in [0.2, 0.25) is 5.95 Å². The van der Waals surface area contributed by atoms with E-state index in [0.29, 0.717) is 12.4 Å². The van der Waals surface area contributed by atoms with E-state index in [2.05, 4.69) is 42.1 Å². The maximum Gasteiger partial charge on any atom is 0.228 e. The zero-order valence-corrected chi connectivity index (χ0v) is 16.7. The number of anilines is 2. The van der Waals surface area contributed by atoms with Gasteiger partial charge in [0.1, 0.15) is 11.6 Å². The molecule has 1 aromatic carbocycles. The largest absolute Gasteiger partial charge is 0.309 e. The van der Waals surface area contributed by atoms with E-state index < -0.39 is 0 Å². The van der Waals surface area contributed by atoms with E-state index in [-0.39, 0.29) is 0 Å². The van der Waals surface area contributed by atoms with Gasteiger partial charge in [-0.1, -0.05) is 23.7 Å². The number of fused-ring (bicyclic) bond motifs is 2. The molecule has 0 unspecified atom stereocenters. The van der Waals surface area contributed by atoms with Crippen LogP contribution in [-0.4, -0.2) is 34.3 Å². The summed E-state index contributed by atoms with van der Waals surface area (Å²) >= 11 is 6.48. The Kier molecular flexibility index (Phi) is 3.63. The first-order chi connectivity index (χ1) is 14.7. The molecule has 0 saturated carbocycles. The number of nitrogens with zero attached hydrogens (tertiary/aromatic N) is 7. The van der Waals surface area contributed by atoms with Crippen molar-refractivity contribution < 1.29 is 0 Å². The second-order valence-electron chi connectivity index (χ2n) is 7.11. The molecule has 0 amide bonds. The third-order valence-corrected chi connectivity index (χ3v) is 5.67. The van der Waals surface area contributed by atoms with Gasteiger partial charge in [-0.3, -0.25) is 9.08 Å². The maximum atomic E-state index is 6.48. The predicted molar refractivity (Wildman–Crippen MR) is 114 cm³/mol. The Morgan fingerprint density at radius 1 is 1.07 bits per heavy atom. The lowest BCUT2D eigenvalue weighted by Crippen LogP contribution is -2.09. The molecule has 0 aliphatic carbocycles. The number of aromatic nitrogens is 7. The average Bonchev–Trinajstić information content (AvgIpc) is 3.36. The van der Waals surface area contributed by atoms with Crippen molar-refractivity contribution in [3.05, 3.63) is 71.3 Å². The summed E-state index contributed by atoms with van der Waals surface area (Å²) in [4.78, 5) is 9.03. The van der Waals surface area contributed by atoms with Gasteiger partial charge in [-0.05, 0) is 29.8 Å². The minimum absolute atomic E-state index is 0.496. The molecule has 8 nitrogen and oxygen atoms in total. The molecule has 0 spiro atoms.